The van der Waals surface area contributed by atoms with Crippen LogP contribution in [0, 0.1) is 0 Å². The molecule has 2 aromatic heterocycles. The Morgan fingerprint density at radius 2 is 2.40 bits per heavy atom. The summed E-state index contributed by atoms with van der Waals surface area (Å²) in [4.78, 5) is 15.2. The van der Waals surface area contributed by atoms with E-state index in [9.17, 15) is 5.11 Å². The van der Waals surface area contributed by atoms with Gasteiger partial charge in [0, 0.05) is 10.2 Å². The zero-order valence-electron chi connectivity index (χ0n) is 10.4. The Hall–Kier alpha value is -2.03. The van der Waals surface area contributed by atoms with Crippen LogP contribution >= 0.6 is 11.8 Å². The van der Waals surface area contributed by atoms with Crippen molar-refractivity contribution in [1.29, 1.82) is 0 Å². The maximum Gasteiger partial charge on any atom is 0.166 e. The van der Waals surface area contributed by atoms with Crippen molar-refractivity contribution in [3.8, 4) is 0 Å². The largest absolute Gasteiger partial charge is 0.395 e. The Morgan fingerprint density at radius 3 is 3.15 bits per heavy atom. The molecule has 1 unspecified atom stereocenters. The van der Waals surface area contributed by atoms with Crippen LogP contribution in [-0.4, -0.2) is 42.5 Å². The molecule has 1 aliphatic heterocycles. The number of fused-ring (bicyclic) bond motifs is 1. The summed E-state index contributed by atoms with van der Waals surface area (Å²) in [6, 6.07) is -0.254. The van der Waals surface area contributed by atoms with Gasteiger partial charge in [0.15, 0.2) is 11.5 Å². The number of hydrogen-bond donors (Lipinski definition) is 2. The van der Waals surface area contributed by atoms with Gasteiger partial charge in [-0.3, -0.25) is 0 Å². The average molecular weight is 292 g/mol. The molecule has 0 radical (unpaired) electrons. The fourth-order valence-electron chi connectivity index (χ4n) is 2.32. The van der Waals surface area contributed by atoms with Crippen LogP contribution < -0.4 is 5.73 Å². The first-order valence-corrected chi connectivity index (χ1v) is 6.92. The van der Waals surface area contributed by atoms with Crippen LogP contribution in [-0.2, 0) is 0 Å². The van der Waals surface area contributed by atoms with Crippen molar-refractivity contribution in [2.75, 3.05) is 12.3 Å². The third-order valence-electron chi connectivity index (χ3n) is 3.23. The van der Waals surface area contributed by atoms with E-state index in [1.807, 2.05) is 4.57 Å². The van der Waals surface area contributed by atoms with E-state index in [-0.39, 0.29) is 23.3 Å². The molecule has 3 atom stereocenters. The second-order valence-corrected chi connectivity index (χ2v) is 5.84. The van der Waals surface area contributed by atoms with Gasteiger partial charge in [-0.25, -0.2) is 15.0 Å². The minimum absolute atomic E-state index is 0.0344. The molecule has 2 aromatic rings. The first-order valence-electron chi connectivity index (χ1n) is 5.98. The molecule has 104 valence electrons. The number of azide groups is 1. The number of aliphatic hydroxyl groups is 1. The molecular formula is C10H12N8OS. The summed E-state index contributed by atoms with van der Waals surface area (Å²) in [6.45, 7) is 0.0440. The highest BCUT2D eigenvalue weighted by atomic mass is 32.2. The van der Waals surface area contributed by atoms with Gasteiger partial charge in [-0.15, -0.1) is 11.8 Å². The van der Waals surface area contributed by atoms with Crippen molar-refractivity contribution in [1.82, 2.24) is 19.5 Å². The van der Waals surface area contributed by atoms with Gasteiger partial charge in [-0.1, -0.05) is 5.11 Å². The molecule has 0 bridgehead atoms. The Balaban J connectivity index is 2.05. The van der Waals surface area contributed by atoms with Gasteiger partial charge in [0.1, 0.15) is 11.8 Å². The molecule has 3 heterocycles. The molecule has 0 amide bonds. The van der Waals surface area contributed by atoms with Gasteiger partial charge in [0.2, 0.25) is 0 Å². The van der Waals surface area contributed by atoms with Crippen molar-refractivity contribution in [3.63, 3.8) is 0 Å². The van der Waals surface area contributed by atoms with Gasteiger partial charge in [-0.05, 0) is 12.0 Å². The van der Waals surface area contributed by atoms with E-state index in [4.69, 9.17) is 11.3 Å². The monoisotopic (exact) mass is 292 g/mol. The predicted molar refractivity (Wildman–Crippen MR) is 74.8 cm³/mol. The van der Waals surface area contributed by atoms with Crippen molar-refractivity contribution in [3.05, 3.63) is 23.1 Å². The van der Waals surface area contributed by atoms with E-state index in [0.29, 0.717) is 23.4 Å². The van der Waals surface area contributed by atoms with Crippen LogP contribution in [0.5, 0.6) is 0 Å². The molecule has 0 saturated carbocycles. The van der Waals surface area contributed by atoms with Crippen molar-refractivity contribution < 1.29 is 5.11 Å². The normalized spacial score (nSPS) is 25.8. The second-order valence-electron chi connectivity index (χ2n) is 4.42. The number of anilines is 1. The van der Waals surface area contributed by atoms with E-state index in [0.717, 1.165) is 0 Å². The molecule has 1 saturated heterocycles. The molecule has 3 N–H and O–H groups in total. The zero-order valence-corrected chi connectivity index (χ0v) is 11.2. The predicted octanol–water partition coefficient (Wildman–Crippen LogP) is 1.08. The van der Waals surface area contributed by atoms with Gasteiger partial charge < -0.3 is 15.4 Å². The van der Waals surface area contributed by atoms with Crippen LogP contribution in [0.25, 0.3) is 21.6 Å². The maximum absolute atomic E-state index is 9.30. The van der Waals surface area contributed by atoms with E-state index in [1.165, 1.54) is 6.33 Å². The van der Waals surface area contributed by atoms with E-state index >= 15 is 0 Å². The summed E-state index contributed by atoms with van der Waals surface area (Å²) < 4.78 is 1.83. The zero-order chi connectivity index (χ0) is 14.1. The number of aliphatic hydroxyl groups excluding tert-OH is 1. The number of nitrogens with zero attached hydrogens (tertiary/aromatic N) is 7. The number of nitrogen functional groups attached to an aromatic ring is 1. The number of rotatable bonds is 3. The van der Waals surface area contributed by atoms with Crippen LogP contribution in [0.2, 0.25) is 0 Å². The average Bonchev–Trinajstić information content (AvgIpc) is 3.03. The Morgan fingerprint density at radius 1 is 1.55 bits per heavy atom. The number of imidazole rings is 1. The van der Waals surface area contributed by atoms with E-state index in [1.54, 1.807) is 18.1 Å². The lowest BCUT2D eigenvalue weighted by Gasteiger charge is -2.16. The molecule has 10 heteroatoms. The standard InChI is InChI=1S/C10H12N8OS/c11-8-7-9(14-3-13-8)18(4-15-7)10-6(16-17-12)1-5(2-19)20-10/h3-6,10,19H,1-2H2,(H2,11,13,14)/t5-,6?,10-/m1/s1. The van der Waals surface area contributed by atoms with Gasteiger partial charge in [-0.2, -0.15) is 0 Å². The van der Waals surface area contributed by atoms with Crippen LogP contribution in [0.3, 0.4) is 0 Å². The van der Waals surface area contributed by atoms with Gasteiger partial charge in [0.25, 0.3) is 0 Å². The van der Waals surface area contributed by atoms with Gasteiger partial charge in [0.05, 0.1) is 24.3 Å². The lowest BCUT2D eigenvalue weighted by atomic mass is 10.2. The van der Waals surface area contributed by atoms with Gasteiger partial charge >= 0.3 is 0 Å². The minimum atomic E-state index is -0.254. The summed E-state index contributed by atoms with van der Waals surface area (Å²) in [5, 5.41) is 13.0. The SMILES string of the molecule is [N-]=[N+]=NC1C[C@H](CO)S[C@H]1n1cnc2c(N)ncnc21. The second kappa shape index (κ2) is 5.16. The van der Waals surface area contributed by atoms with E-state index in [2.05, 4.69) is 25.0 Å². The van der Waals surface area contributed by atoms with E-state index < -0.39 is 0 Å². The molecule has 0 spiro atoms. The Labute approximate surface area is 117 Å². The fraction of sp³-hybridized carbons (Fsp3) is 0.500. The lowest BCUT2D eigenvalue weighted by Crippen LogP contribution is -2.14. The number of nitrogens with two attached hydrogens (primary N) is 1. The van der Waals surface area contributed by atoms with Crippen LogP contribution in [0.15, 0.2) is 17.8 Å². The molecule has 0 aromatic carbocycles. The maximum atomic E-state index is 9.30. The molecule has 20 heavy (non-hydrogen) atoms. The van der Waals surface area contributed by atoms with Crippen molar-refractivity contribution in [2.45, 2.75) is 23.1 Å². The summed E-state index contributed by atoms with van der Waals surface area (Å²) in [5.74, 6) is 0.316. The highest BCUT2D eigenvalue weighted by molar-refractivity contribution is 8.00. The summed E-state index contributed by atoms with van der Waals surface area (Å²) >= 11 is 1.54. The molecule has 3 rings (SSSR count). The highest BCUT2D eigenvalue weighted by Crippen LogP contribution is 2.44. The summed E-state index contributed by atoms with van der Waals surface area (Å²) in [7, 11) is 0. The Bertz CT molecular complexity index is 681. The fourth-order valence-corrected chi connectivity index (χ4v) is 3.75. The first-order chi connectivity index (χ1) is 9.74. The number of aromatic nitrogens is 4. The lowest BCUT2D eigenvalue weighted by molar-refractivity contribution is 0.289. The number of thioether (sulfide) groups is 1. The van der Waals surface area contributed by atoms with Crippen molar-refractivity contribution in [2.24, 2.45) is 5.11 Å². The quantitative estimate of drug-likeness (QED) is 0.493. The highest BCUT2D eigenvalue weighted by Gasteiger charge is 2.36. The summed E-state index contributed by atoms with van der Waals surface area (Å²) in [5.41, 5.74) is 15.6. The molecule has 1 aliphatic rings. The third kappa shape index (κ3) is 2.03. The minimum Gasteiger partial charge on any atom is -0.395 e. The van der Waals surface area contributed by atoms with Crippen molar-refractivity contribution >= 4 is 28.7 Å². The smallest absolute Gasteiger partial charge is 0.166 e. The van der Waals surface area contributed by atoms with Crippen LogP contribution in [0.4, 0.5) is 5.82 Å². The first kappa shape index (κ1) is 13.0. The Kier molecular flexibility index (Phi) is 3.35. The molecule has 1 fully saturated rings. The van der Waals surface area contributed by atoms with Crippen LogP contribution in [0.1, 0.15) is 11.8 Å². The molecule has 9 nitrogen and oxygen atoms in total. The topological polar surface area (TPSA) is 139 Å². The summed E-state index contributed by atoms with van der Waals surface area (Å²) in [6.07, 6.45) is 3.62. The molecular weight excluding hydrogens is 280 g/mol. The molecule has 0 aliphatic carbocycles. The number of hydrogen-bond acceptors (Lipinski definition) is 7. The third-order valence-corrected chi connectivity index (χ3v) is 4.78.